The molecule has 4 nitrogen and oxygen atoms in total. The first-order valence-electron chi connectivity index (χ1n) is 5.89. The Bertz CT molecular complexity index is 364. The molecule has 0 aliphatic heterocycles. The first kappa shape index (κ1) is 13.6. The number of hydrogen-bond donors (Lipinski definition) is 2. The van der Waals surface area contributed by atoms with E-state index in [9.17, 15) is 4.79 Å². The summed E-state index contributed by atoms with van der Waals surface area (Å²) in [5.74, 6) is 0.391. The molecule has 94 valence electrons. The van der Waals surface area contributed by atoms with E-state index < -0.39 is 0 Å². The van der Waals surface area contributed by atoms with Gasteiger partial charge >= 0.3 is 0 Å². The standard InChI is InChI=1S/C13H21N3O/c1-10(2)8-13(3,9-14)16-12(17)11-4-6-15-7-5-11/h4-7,10H,8-9,14H2,1-3H3,(H,16,17). The minimum Gasteiger partial charge on any atom is -0.346 e. The summed E-state index contributed by atoms with van der Waals surface area (Å²) in [6.07, 6.45) is 4.08. The molecule has 1 amide bonds. The molecule has 1 rings (SSSR count). The van der Waals surface area contributed by atoms with Gasteiger partial charge in [-0.15, -0.1) is 0 Å². The number of nitrogens with zero attached hydrogens (tertiary/aromatic N) is 1. The Morgan fingerprint density at radius 3 is 2.53 bits per heavy atom. The van der Waals surface area contributed by atoms with Gasteiger partial charge in [-0.1, -0.05) is 13.8 Å². The van der Waals surface area contributed by atoms with Crippen molar-refractivity contribution in [3.05, 3.63) is 30.1 Å². The van der Waals surface area contributed by atoms with Crippen molar-refractivity contribution < 1.29 is 4.79 Å². The van der Waals surface area contributed by atoms with Crippen LogP contribution in [0.2, 0.25) is 0 Å². The van der Waals surface area contributed by atoms with Gasteiger partial charge in [-0.2, -0.15) is 0 Å². The van der Waals surface area contributed by atoms with Crippen LogP contribution >= 0.6 is 0 Å². The fraction of sp³-hybridized carbons (Fsp3) is 0.538. The second-order valence-electron chi connectivity index (χ2n) is 5.05. The molecule has 1 heterocycles. The largest absolute Gasteiger partial charge is 0.346 e. The summed E-state index contributed by atoms with van der Waals surface area (Å²) in [4.78, 5) is 15.9. The van der Waals surface area contributed by atoms with E-state index in [0.29, 0.717) is 18.0 Å². The maximum atomic E-state index is 12.0. The van der Waals surface area contributed by atoms with Gasteiger partial charge in [-0.3, -0.25) is 9.78 Å². The Hall–Kier alpha value is -1.42. The first-order chi connectivity index (χ1) is 7.97. The van der Waals surface area contributed by atoms with E-state index in [1.807, 2.05) is 6.92 Å². The molecule has 1 unspecified atom stereocenters. The van der Waals surface area contributed by atoms with Crippen LogP contribution in [0.1, 0.15) is 37.6 Å². The normalized spacial score (nSPS) is 14.4. The van der Waals surface area contributed by atoms with Crippen LogP contribution in [0.15, 0.2) is 24.5 Å². The molecule has 3 N–H and O–H groups in total. The number of amides is 1. The predicted octanol–water partition coefficient (Wildman–Crippen LogP) is 1.57. The third kappa shape index (κ3) is 4.15. The van der Waals surface area contributed by atoms with Crippen molar-refractivity contribution in [1.29, 1.82) is 0 Å². The van der Waals surface area contributed by atoms with Crippen LogP contribution in [-0.2, 0) is 0 Å². The molecule has 1 aromatic heterocycles. The predicted molar refractivity (Wildman–Crippen MR) is 68.6 cm³/mol. The van der Waals surface area contributed by atoms with Crippen molar-refractivity contribution in [1.82, 2.24) is 10.3 Å². The Labute approximate surface area is 103 Å². The highest BCUT2D eigenvalue weighted by Crippen LogP contribution is 2.16. The smallest absolute Gasteiger partial charge is 0.251 e. The fourth-order valence-corrected chi connectivity index (χ4v) is 1.94. The van der Waals surface area contributed by atoms with E-state index in [2.05, 4.69) is 24.1 Å². The lowest BCUT2D eigenvalue weighted by atomic mass is 9.90. The van der Waals surface area contributed by atoms with Crippen LogP contribution in [0.3, 0.4) is 0 Å². The van der Waals surface area contributed by atoms with Crippen molar-refractivity contribution in [2.24, 2.45) is 11.7 Å². The molecule has 0 fully saturated rings. The number of rotatable bonds is 5. The maximum absolute atomic E-state index is 12.0. The summed E-state index contributed by atoms with van der Waals surface area (Å²) >= 11 is 0. The van der Waals surface area contributed by atoms with Crippen molar-refractivity contribution in [3.63, 3.8) is 0 Å². The number of nitrogens with two attached hydrogens (primary N) is 1. The molecule has 0 spiro atoms. The van der Waals surface area contributed by atoms with Gasteiger partial charge in [0, 0.05) is 30.0 Å². The molecule has 17 heavy (non-hydrogen) atoms. The van der Waals surface area contributed by atoms with Gasteiger partial charge in [0.25, 0.3) is 5.91 Å². The van der Waals surface area contributed by atoms with Crippen LogP contribution in [-0.4, -0.2) is 23.0 Å². The molecule has 0 saturated heterocycles. The monoisotopic (exact) mass is 235 g/mol. The lowest BCUT2D eigenvalue weighted by Gasteiger charge is -2.31. The average Bonchev–Trinajstić information content (AvgIpc) is 2.29. The van der Waals surface area contributed by atoms with Gasteiger partial charge in [0.1, 0.15) is 0 Å². The SMILES string of the molecule is CC(C)CC(C)(CN)NC(=O)c1ccncc1. The molecule has 4 heteroatoms. The van der Waals surface area contributed by atoms with Crippen LogP contribution in [0.25, 0.3) is 0 Å². The van der Waals surface area contributed by atoms with E-state index in [0.717, 1.165) is 6.42 Å². The molecule has 1 atom stereocenters. The summed E-state index contributed by atoms with van der Waals surface area (Å²) in [5.41, 5.74) is 6.02. The summed E-state index contributed by atoms with van der Waals surface area (Å²) in [7, 11) is 0. The first-order valence-corrected chi connectivity index (χ1v) is 5.89. The van der Waals surface area contributed by atoms with Gasteiger partial charge in [0.2, 0.25) is 0 Å². The summed E-state index contributed by atoms with van der Waals surface area (Å²) in [6, 6.07) is 3.39. The summed E-state index contributed by atoms with van der Waals surface area (Å²) < 4.78 is 0. The van der Waals surface area contributed by atoms with Crippen LogP contribution in [0.5, 0.6) is 0 Å². The Balaban J connectivity index is 2.72. The topological polar surface area (TPSA) is 68.0 Å². The number of carbonyl (C=O) groups is 1. The van der Waals surface area contributed by atoms with E-state index in [1.165, 1.54) is 0 Å². The summed E-state index contributed by atoms with van der Waals surface area (Å²) in [6.45, 7) is 6.65. The number of pyridine rings is 1. The zero-order valence-electron chi connectivity index (χ0n) is 10.7. The van der Waals surface area contributed by atoms with Crippen molar-refractivity contribution >= 4 is 5.91 Å². The fourth-order valence-electron chi connectivity index (χ4n) is 1.94. The molecule has 0 aromatic carbocycles. The number of aromatic nitrogens is 1. The third-order valence-electron chi connectivity index (χ3n) is 2.67. The highest BCUT2D eigenvalue weighted by atomic mass is 16.1. The number of hydrogen-bond acceptors (Lipinski definition) is 3. The van der Waals surface area contributed by atoms with Gasteiger partial charge in [0.15, 0.2) is 0 Å². The van der Waals surface area contributed by atoms with E-state index in [-0.39, 0.29) is 11.4 Å². The van der Waals surface area contributed by atoms with Gasteiger partial charge in [-0.05, 0) is 31.4 Å². The number of nitrogens with one attached hydrogen (secondary N) is 1. The molecule has 0 aliphatic carbocycles. The molecule has 0 aliphatic rings. The average molecular weight is 235 g/mol. The Kier molecular flexibility index (Phi) is 4.63. The molecule has 0 saturated carbocycles. The second-order valence-corrected chi connectivity index (χ2v) is 5.05. The van der Waals surface area contributed by atoms with Crippen LogP contribution < -0.4 is 11.1 Å². The van der Waals surface area contributed by atoms with Crippen LogP contribution in [0.4, 0.5) is 0 Å². The van der Waals surface area contributed by atoms with Gasteiger partial charge < -0.3 is 11.1 Å². The highest BCUT2D eigenvalue weighted by Gasteiger charge is 2.26. The molecular formula is C13H21N3O. The highest BCUT2D eigenvalue weighted by molar-refractivity contribution is 5.94. The molecular weight excluding hydrogens is 214 g/mol. The van der Waals surface area contributed by atoms with Gasteiger partial charge in [0.05, 0.1) is 0 Å². The zero-order chi connectivity index (χ0) is 12.9. The van der Waals surface area contributed by atoms with E-state index in [1.54, 1.807) is 24.5 Å². The van der Waals surface area contributed by atoms with Crippen molar-refractivity contribution in [3.8, 4) is 0 Å². The summed E-state index contributed by atoms with van der Waals surface area (Å²) in [5, 5.41) is 3.00. The van der Waals surface area contributed by atoms with Crippen LogP contribution in [0, 0.1) is 5.92 Å². The number of carbonyl (C=O) groups excluding carboxylic acids is 1. The Morgan fingerprint density at radius 2 is 2.06 bits per heavy atom. The second kappa shape index (κ2) is 5.77. The maximum Gasteiger partial charge on any atom is 0.251 e. The van der Waals surface area contributed by atoms with Crippen molar-refractivity contribution in [2.75, 3.05) is 6.54 Å². The van der Waals surface area contributed by atoms with E-state index >= 15 is 0 Å². The molecule has 1 aromatic rings. The Morgan fingerprint density at radius 1 is 1.47 bits per heavy atom. The quantitative estimate of drug-likeness (QED) is 0.814. The lowest BCUT2D eigenvalue weighted by molar-refractivity contribution is 0.0898. The van der Waals surface area contributed by atoms with E-state index in [4.69, 9.17) is 5.73 Å². The zero-order valence-corrected chi connectivity index (χ0v) is 10.7. The minimum atomic E-state index is -0.353. The third-order valence-corrected chi connectivity index (χ3v) is 2.67. The lowest BCUT2D eigenvalue weighted by Crippen LogP contribution is -2.52. The van der Waals surface area contributed by atoms with Gasteiger partial charge in [-0.25, -0.2) is 0 Å². The minimum absolute atomic E-state index is 0.0963. The molecule has 0 radical (unpaired) electrons. The molecule has 0 bridgehead atoms. The van der Waals surface area contributed by atoms with Crippen molar-refractivity contribution in [2.45, 2.75) is 32.7 Å².